The van der Waals surface area contributed by atoms with Crippen LogP contribution in [0.15, 0.2) is 29.8 Å². The predicted octanol–water partition coefficient (Wildman–Crippen LogP) is 3.09. The summed E-state index contributed by atoms with van der Waals surface area (Å²) in [6.07, 6.45) is 0.897. The molecule has 2 aromatic rings. The molecule has 0 radical (unpaired) electrons. The molecule has 0 unspecified atom stereocenters. The average molecular weight is 275 g/mol. The van der Waals surface area contributed by atoms with Crippen molar-refractivity contribution < 1.29 is 4.79 Å². The molecule has 0 saturated heterocycles. The first-order valence-electron chi connectivity index (χ1n) is 6.21. The topological polar surface area (TPSA) is 59.2 Å². The van der Waals surface area contributed by atoms with Gasteiger partial charge in [-0.2, -0.15) is 0 Å². The Bertz CT molecular complexity index is 562. The Labute approximate surface area is 116 Å². The molecule has 1 aromatic heterocycles. The number of rotatable bonds is 4. The van der Waals surface area contributed by atoms with Gasteiger partial charge in [0.1, 0.15) is 4.88 Å². The lowest BCUT2D eigenvalue weighted by molar-refractivity contribution is 0.0990. The summed E-state index contributed by atoms with van der Waals surface area (Å²) >= 11 is 1.38. The van der Waals surface area contributed by atoms with E-state index in [0.29, 0.717) is 17.1 Å². The van der Waals surface area contributed by atoms with E-state index in [1.165, 1.54) is 11.3 Å². The van der Waals surface area contributed by atoms with E-state index in [4.69, 9.17) is 5.73 Å². The van der Waals surface area contributed by atoms with Crippen molar-refractivity contribution in [1.82, 2.24) is 4.98 Å². The smallest absolute Gasteiger partial charge is 0.270 e. The second kappa shape index (κ2) is 5.84. The molecule has 0 saturated carbocycles. The van der Waals surface area contributed by atoms with Crippen LogP contribution < -0.4 is 10.6 Å². The number of nitrogens with two attached hydrogens (primary N) is 1. The van der Waals surface area contributed by atoms with Crippen molar-refractivity contribution in [1.29, 1.82) is 0 Å². The van der Waals surface area contributed by atoms with Crippen LogP contribution in [0, 0.1) is 6.92 Å². The first kappa shape index (κ1) is 13.5. The van der Waals surface area contributed by atoms with E-state index >= 15 is 0 Å². The van der Waals surface area contributed by atoms with Crippen LogP contribution in [0.3, 0.4) is 0 Å². The van der Waals surface area contributed by atoms with Crippen molar-refractivity contribution in [3.8, 4) is 0 Å². The van der Waals surface area contributed by atoms with Crippen molar-refractivity contribution in [3.63, 3.8) is 0 Å². The third-order valence-electron chi connectivity index (χ3n) is 2.84. The maximum absolute atomic E-state index is 12.6. The van der Waals surface area contributed by atoms with Gasteiger partial charge in [0.05, 0.1) is 11.2 Å². The molecule has 19 heavy (non-hydrogen) atoms. The van der Waals surface area contributed by atoms with E-state index < -0.39 is 0 Å². The number of aryl methyl sites for hydroxylation is 1. The van der Waals surface area contributed by atoms with Crippen LogP contribution in [0.25, 0.3) is 0 Å². The van der Waals surface area contributed by atoms with E-state index in [-0.39, 0.29) is 5.91 Å². The number of nitrogen functional groups attached to an aromatic ring is 1. The van der Waals surface area contributed by atoms with Gasteiger partial charge < -0.3 is 10.6 Å². The molecule has 0 bridgehead atoms. The second-order valence-electron chi connectivity index (χ2n) is 4.32. The minimum absolute atomic E-state index is 0.00613. The summed E-state index contributed by atoms with van der Waals surface area (Å²) in [5.74, 6) is 0.00613. The molecule has 0 spiro atoms. The molecular formula is C14H17N3OS. The molecular weight excluding hydrogens is 258 g/mol. The molecule has 0 aliphatic heterocycles. The highest BCUT2D eigenvalue weighted by Crippen LogP contribution is 2.22. The number of hydrogen-bond donors (Lipinski definition) is 1. The summed E-state index contributed by atoms with van der Waals surface area (Å²) in [4.78, 5) is 19.2. The van der Waals surface area contributed by atoms with Crippen LogP contribution in [-0.4, -0.2) is 17.4 Å². The number of hydrogen-bond acceptors (Lipinski definition) is 4. The summed E-state index contributed by atoms with van der Waals surface area (Å²) in [6, 6.07) is 7.37. The van der Waals surface area contributed by atoms with Gasteiger partial charge in [-0.1, -0.05) is 6.92 Å². The SMILES string of the molecule is CCCN(C(=O)c1scnc1C)c1ccc(N)cc1. The number of carbonyl (C=O) groups excluding carboxylic acids is 1. The standard InChI is InChI=1S/C14H17N3OS/c1-3-8-17(12-6-4-11(15)5-7-12)14(18)13-10(2)16-9-19-13/h4-7,9H,3,8,15H2,1-2H3. The summed E-state index contributed by atoms with van der Waals surface area (Å²) in [5.41, 5.74) is 9.74. The van der Waals surface area contributed by atoms with Crippen LogP contribution in [0.1, 0.15) is 28.7 Å². The van der Waals surface area contributed by atoms with Crippen molar-refractivity contribution in [2.24, 2.45) is 0 Å². The van der Waals surface area contributed by atoms with Crippen molar-refractivity contribution in [2.45, 2.75) is 20.3 Å². The largest absolute Gasteiger partial charge is 0.399 e. The zero-order chi connectivity index (χ0) is 13.8. The number of nitrogens with zero attached hydrogens (tertiary/aromatic N) is 2. The zero-order valence-electron chi connectivity index (χ0n) is 11.1. The third-order valence-corrected chi connectivity index (χ3v) is 3.75. The molecule has 0 aliphatic carbocycles. The molecule has 0 aliphatic rings. The molecule has 4 nitrogen and oxygen atoms in total. The number of benzene rings is 1. The molecule has 5 heteroatoms. The minimum atomic E-state index is 0.00613. The number of anilines is 2. The molecule has 0 atom stereocenters. The lowest BCUT2D eigenvalue weighted by Gasteiger charge is -2.22. The Morgan fingerprint density at radius 1 is 1.37 bits per heavy atom. The van der Waals surface area contributed by atoms with Gasteiger partial charge >= 0.3 is 0 Å². The molecule has 100 valence electrons. The highest BCUT2D eigenvalue weighted by Gasteiger charge is 2.20. The van der Waals surface area contributed by atoms with Crippen molar-refractivity contribution in [2.75, 3.05) is 17.2 Å². The van der Waals surface area contributed by atoms with E-state index in [9.17, 15) is 4.79 Å². The monoisotopic (exact) mass is 275 g/mol. The Balaban J connectivity index is 2.32. The number of aromatic nitrogens is 1. The highest BCUT2D eigenvalue weighted by molar-refractivity contribution is 7.12. The second-order valence-corrected chi connectivity index (χ2v) is 5.17. The Morgan fingerprint density at radius 3 is 2.58 bits per heavy atom. The third kappa shape index (κ3) is 2.93. The highest BCUT2D eigenvalue weighted by atomic mass is 32.1. The minimum Gasteiger partial charge on any atom is -0.399 e. The fraction of sp³-hybridized carbons (Fsp3) is 0.286. The first-order chi connectivity index (χ1) is 9.13. The fourth-order valence-electron chi connectivity index (χ4n) is 1.86. The predicted molar refractivity (Wildman–Crippen MR) is 79.7 cm³/mol. The van der Waals surface area contributed by atoms with E-state index in [0.717, 1.165) is 17.8 Å². The Hall–Kier alpha value is -1.88. The molecule has 0 fully saturated rings. The van der Waals surface area contributed by atoms with Crippen molar-refractivity contribution in [3.05, 3.63) is 40.3 Å². The molecule has 2 rings (SSSR count). The van der Waals surface area contributed by atoms with Crippen LogP contribution in [0.4, 0.5) is 11.4 Å². The van der Waals surface area contributed by atoms with Gasteiger partial charge in [-0.05, 0) is 37.6 Å². The van der Waals surface area contributed by atoms with Crippen LogP contribution in [0.2, 0.25) is 0 Å². The Morgan fingerprint density at radius 2 is 2.05 bits per heavy atom. The average Bonchev–Trinajstić information content (AvgIpc) is 2.83. The fourth-order valence-corrected chi connectivity index (χ4v) is 2.61. The maximum Gasteiger partial charge on any atom is 0.270 e. The summed E-state index contributed by atoms with van der Waals surface area (Å²) in [7, 11) is 0. The zero-order valence-corrected chi connectivity index (χ0v) is 11.9. The Kier molecular flexibility index (Phi) is 4.16. The van der Waals surface area contributed by atoms with Gasteiger partial charge in [0.15, 0.2) is 0 Å². The lowest BCUT2D eigenvalue weighted by Crippen LogP contribution is -2.31. The molecule has 1 aromatic carbocycles. The molecule has 1 heterocycles. The lowest BCUT2D eigenvalue weighted by atomic mass is 10.2. The number of thiazole rings is 1. The maximum atomic E-state index is 12.6. The van der Waals surface area contributed by atoms with Gasteiger partial charge in [0, 0.05) is 17.9 Å². The van der Waals surface area contributed by atoms with Crippen LogP contribution >= 0.6 is 11.3 Å². The van der Waals surface area contributed by atoms with Gasteiger partial charge in [-0.25, -0.2) is 4.98 Å². The normalized spacial score (nSPS) is 10.4. The number of amides is 1. The summed E-state index contributed by atoms with van der Waals surface area (Å²) < 4.78 is 0. The summed E-state index contributed by atoms with van der Waals surface area (Å²) in [5, 5.41) is 0. The van der Waals surface area contributed by atoms with Crippen LogP contribution in [0.5, 0.6) is 0 Å². The van der Waals surface area contributed by atoms with Gasteiger partial charge in [-0.3, -0.25) is 4.79 Å². The first-order valence-corrected chi connectivity index (χ1v) is 7.09. The quantitative estimate of drug-likeness (QED) is 0.872. The van der Waals surface area contributed by atoms with Gasteiger partial charge in [-0.15, -0.1) is 11.3 Å². The van der Waals surface area contributed by atoms with E-state index in [1.54, 1.807) is 10.4 Å². The van der Waals surface area contributed by atoms with Gasteiger partial charge in [0.25, 0.3) is 5.91 Å². The summed E-state index contributed by atoms with van der Waals surface area (Å²) in [6.45, 7) is 4.59. The molecule has 2 N–H and O–H groups in total. The van der Waals surface area contributed by atoms with Gasteiger partial charge in [0.2, 0.25) is 0 Å². The van der Waals surface area contributed by atoms with Crippen LogP contribution in [-0.2, 0) is 0 Å². The van der Waals surface area contributed by atoms with E-state index in [1.807, 2.05) is 31.2 Å². The van der Waals surface area contributed by atoms with E-state index in [2.05, 4.69) is 11.9 Å². The molecule has 1 amide bonds. The van der Waals surface area contributed by atoms with Crippen molar-refractivity contribution >= 4 is 28.6 Å². The number of carbonyl (C=O) groups is 1.